The molecule has 0 radical (unpaired) electrons. The van der Waals surface area contributed by atoms with E-state index in [2.05, 4.69) is 15.7 Å². The van der Waals surface area contributed by atoms with Crippen molar-refractivity contribution in [3.63, 3.8) is 0 Å². The molecule has 5 nitrogen and oxygen atoms in total. The normalized spacial score (nSPS) is 11.6. The first-order chi connectivity index (χ1) is 10.0. The van der Waals surface area contributed by atoms with Gasteiger partial charge in [0.2, 0.25) is 5.91 Å². The standard InChI is InChI=1S/C14H16ClFN4O.ClH/c1-17-13(10-7-19-20(2)8-10)14(21)18-6-9-3-4-12(16)11(15)5-9;/h3-5,7-8,13,17H,6H2,1-2H3,(H,18,21);1H. The molecule has 1 aromatic carbocycles. The number of aromatic nitrogens is 2. The molecule has 2 rings (SSSR count). The van der Waals surface area contributed by atoms with E-state index in [1.165, 1.54) is 12.1 Å². The zero-order chi connectivity index (χ0) is 15.4. The highest BCUT2D eigenvalue weighted by atomic mass is 35.5. The van der Waals surface area contributed by atoms with Gasteiger partial charge >= 0.3 is 0 Å². The Hall–Kier alpha value is -1.63. The molecule has 0 saturated carbocycles. The Morgan fingerprint density at radius 1 is 1.50 bits per heavy atom. The Bertz CT molecular complexity index is 648. The molecule has 0 aliphatic heterocycles. The second kappa shape index (κ2) is 8.12. The van der Waals surface area contributed by atoms with Crippen molar-refractivity contribution in [3.8, 4) is 0 Å². The summed E-state index contributed by atoms with van der Waals surface area (Å²) in [6.07, 6.45) is 3.41. The Morgan fingerprint density at radius 3 is 2.77 bits per heavy atom. The lowest BCUT2D eigenvalue weighted by atomic mass is 10.1. The minimum absolute atomic E-state index is 0. The molecule has 0 fully saturated rings. The van der Waals surface area contributed by atoms with Crippen LogP contribution in [-0.4, -0.2) is 22.7 Å². The molecule has 1 aromatic heterocycles. The van der Waals surface area contributed by atoms with Crippen LogP contribution in [0.3, 0.4) is 0 Å². The molecule has 1 atom stereocenters. The van der Waals surface area contributed by atoms with Crippen molar-refractivity contribution >= 4 is 29.9 Å². The van der Waals surface area contributed by atoms with Crippen molar-refractivity contribution in [2.45, 2.75) is 12.6 Å². The molecule has 1 amide bonds. The van der Waals surface area contributed by atoms with Gasteiger partial charge in [0.25, 0.3) is 0 Å². The van der Waals surface area contributed by atoms with Crippen molar-refractivity contribution < 1.29 is 9.18 Å². The van der Waals surface area contributed by atoms with E-state index in [1.807, 2.05) is 0 Å². The maximum absolute atomic E-state index is 13.1. The molecule has 0 bridgehead atoms. The third kappa shape index (κ3) is 4.43. The largest absolute Gasteiger partial charge is 0.350 e. The molecule has 1 heterocycles. The topological polar surface area (TPSA) is 59.0 Å². The smallest absolute Gasteiger partial charge is 0.242 e. The maximum Gasteiger partial charge on any atom is 0.242 e. The fourth-order valence-corrected chi connectivity index (χ4v) is 2.18. The lowest BCUT2D eigenvalue weighted by Gasteiger charge is -2.14. The predicted octanol–water partition coefficient (Wildman–Crippen LogP) is 2.21. The van der Waals surface area contributed by atoms with Crippen LogP contribution < -0.4 is 10.6 Å². The zero-order valence-electron chi connectivity index (χ0n) is 12.1. The van der Waals surface area contributed by atoms with Gasteiger partial charge in [-0.05, 0) is 24.7 Å². The predicted molar refractivity (Wildman–Crippen MR) is 85.5 cm³/mol. The molecule has 0 saturated heterocycles. The van der Waals surface area contributed by atoms with Crippen molar-refractivity contribution in [2.24, 2.45) is 7.05 Å². The molecule has 120 valence electrons. The highest BCUT2D eigenvalue weighted by Gasteiger charge is 2.19. The second-order valence-electron chi connectivity index (χ2n) is 4.64. The highest BCUT2D eigenvalue weighted by molar-refractivity contribution is 6.30. The molecule has 8 heteroatoms. The summed E-state index contributed by atoms with van der Waals surface area (Å²) < 4.78 is 14.7. The van der Waals surface area contributed by atoms with Gasteiger partial charge in [-0.25, -0.2) is 4.39 Å². The van der Waals surface area contributed by atoms with Crippen LogP contribution in [0, 0.1) is 5.82 Å². The average molecular weight is 347 g/mol. The molecule has 0 aliphatic carbocycles. The van der Waals surface area contributed by atoms with Gasteiger partial charge in [-0.1, -0.05) is 17.7 Å². The van der Waals surface area contributed by atoms with Gasteiger partial charge in [0.05, 0.1) is 11.2 Å². The zero-order valence-corrected chi connectivity index (χ0v) is 13.7. The third-order valence-corrected chi connectivity index (χ3v) is 3.35. The minimum atomic E-state index is -0.491. The summed E-state index contributed by atoms with van der Waals surface area (Å²) in [5.74, 6) is -0.666. The van der Waals surface area contributed by atoms with Crippen LogP contribution in [-0.2, 0) is 18.4 Å². The van der Waals surface area contributed by atoms with E-state index in [0.29, 0.717) is 0 Å². The summed E-state index contributed by atoms with van der Waals surface area (Å²) in [5, 5.41) is 9.81. The average Bonchev–Trinajstić information content (AvgIpc) is 2.87. The van der Waals surface area contributed by atoms with Crippen LogP contribution in [0.4, 0.5) is 4.39 Å². The van der Waals surface area contributed by atoms with Gasteiger partial charge in [0.1, 0.15) is 11.9 Å². The molecular weight excluding hydrogens is 330 g/mol. The van der Waals surface area contributed by atoms with Gasteiger partial charge in [0, 0.05) is 25.4 Å². The quantitative estimate of drug-likeness (QED) is 0.872. The number of benzene rings is 1. The summed E-state index contributed by atoms with van der Waals surface area (Å²) in [5.41, 5.74) is 1.51. The first-order valence-corrected chi connectivity index (χ1v) is 6.76. The van der Waals surface area contributed by atoms with Crippen LogP contribution in [0.25, 0.3) is 0 Å². The third-order valence-electron chi connectivity index (χ3n) is 3.06. The molecule has 22 heavy (non-hydrogen) atoms. The van der Waals surface area contributed by atoms with Crippen molar-refractivity contribution in [3.05, 3.63) is 52.6 Å². The number of nitrogens with one attached hydrogen (secondary N) is 2. The number of amides is 1. The summed E-state index contributed by atoms with van der Waals surface area (Å²) >= 11 is 5.71. The fourth-order valence-electron chi connectivity index (χ4n) is 1.98. The highest BCUT2D eigenvalue weighted by Crippen LogP contribution is 2.16. The van der Waals surface area contributed by atoms with E-state index in [4.69, 9.17) is 11.6 Å². The molecule has 0 aliphatic rings. The van der Waals surface area contributed by atoms with Crippen LogP contribution in [0.1, 0.15) is 17.2 Å². The van der Waals surface area contributed by atoms with Gasteiger partial charge in [-0.15, -0.1) is 12.4 Å². The number of aryl methyl sites for hydroxylation is 1. The number of nitrogens with zero attached hydrogens (tertiary/aromatic N) is 2. The van der Waals surface area contributed by atoms with E-state index in [1.54, 1.807) is 37.2 Å². The van der Waals surface area contributed by atoms with Crippen LogP contribution >= 0.6 is 24.0 Å². The lowest BCUT2D eigenvalue weighted by Crippen LogP contribution is -2.35. The van der Waals surface area contributed by atoms with Gasteiger partial charge in [-0.3, -0.25) is 9.48 Å². The number of carbonyl (C=O) groups excluding carboxylic acids is 1. The first kappa shape index (κ1) is 18.4. The number of hydrogen-bond donors (Lipinski definition) is 2. The molecular formula is C14H17Cl2FN4O. The summed E-state index contributed by atoms with van der Waals surface area (Å²) in [4.78, 5) is 12.2. The van der Waals surface area contributed by atoms with E-state index in [9.17, 15) is 9.18 Å². The van der Waals surface area contributed by atoms with Crippen molar-refractivity contribution in [1.82, 2.24) is 20.4 Å². The summed E-state index contributed by atoms with van der Waals surface area (Å²) in [7, 11) is 3.49. The maximum atomic E-state index is 13.1. The van der Waals surface area contributed by atoms with Crippen LogP contribution in [0.2, 0.25) is 5.02 Å². The Labute approximate surface area is 139 Å². The second-order valence-corrected chi connectivity index (χ2v) is 5.04. The summed E-state index contributed by atoms with van der Waals surface area (Å²) in [6, 6.07) is 3.87. The summed E-state index contributed by atoms with van der Waals surface area (Å²) in [6.45, 7) is 0.275. The fraction of sp³-hybridized carbons (Fsp3) is 0.286. The van der Waals surface area contributed by atoms with E-state index >= 15 is 0 Å². The van der Waals surface area contributed by atoms with Crippen LogP contribution in [0.15, 0.2) is 30.6 Å². The lowest BCUT2D eigenvalue weighted by molar-refractivity contribution is -0.123. The number of hydrogen-bond acceptors (Lipinski definition) is 3. The molecule has 0 spiro atoms. The van der Waals surface area contributed by atoms with Crippen LogP contribution in [0.5, 0.6) is 0 Å². The Balaban J connectivity index is 0.00000242. The minimum Gasteiger partial charge on any atom is -0.350 e. The van der Waals surface area contributed by atoms with Crippen molar-refractivity contribution in [1.29, 1.82) is 0 Å². The monoisotopic (exact) mass is 346 g/mol. The number of carbonyl (C=O) groups is 1. The number of rotatable bonds is 5. The van der Waals surface area contributed by atoms with Gasteiger partial charge in [0.15, 0.2) is 0 Å². The molecule has 2 N–H and O–H groups in total. The number of likely N-dealkylation sites (N-methyl/N-ethyl adjacent to an activating group) is 1. The SMILES string of the molecule is CNC(C(=O)NCc1ccc(F)c(Cl)c1)c1cnn(C)c1.Cl. The van der Waals surface area contributed by atoms with Gasteiger partial charge < -0.3 is 10.6 Å². The van der Waals surface area contributed by atoms with E-state index in [0.717, 1.165) is 11.1 Å². The Kier molecular flexibility index (Phi) is 6.80. The molecule has 2 aromatic rings. The number of halogens is 3. The van der Waals surface area contributed by atoms with E-state index < -0.39 is 11.9 Å². The Morgan fingerprint density at radius 2 is 2.23 bits per heavy atom. The van der Waals surface area contributed by atoms with Gasteiger partial charge in [-0.2, -0.15) is 5.10 Å². The van der Waals surface area contributed by atoms with Crippen molar-refractivity contribution in [2.75, 3.05) is 7.05 Å². The molecule has 1 unspecified atom stereocenters. The van der Waals surface area contributed by atoms with E-state index in [-0.39, 0.29) is 29.9 Å². The first-order valence-electron chi connectivity index (χ1n) is 6.38.